The summed E-state index contributed by atoms with van der Waals surface area (Å²) in [5, 5.41) is 4.08. The number of nitrogens with one attached hydrogen (secondary N) is 1. The van der Waals surface area contributed by atoms with E-state index in [1.807, 2.05) is 11.4 Å². The Hall–Kier alpha value is -2.55. The second-order valence-corrected chi connectivity index (χ2v) is 8.27. The number of para-hydroxylation sites is 1. The van der Waals surface area contributed by atoms with Crippen molar-refractivity contribution in [3.05, 3.63) is 68.4 Å². The number of benzene rings is 2. The van der Waals surface area contributed by atoms with Crippen LogP contribution >= 0.6 is 35.0 Å². The summed E-state index contributed by atoms with van der Waals surface area (Å²) >= 11 is 13.5. The number of amides is 3. The van der Waals surface area contributed by atoms with Gasteiger partial charge >= 0.3 is 6.03 Å². The lowest BCUT2D eigenvalue weighted by molar-refractivity contribution is -0.119. The molecule has 3 N–H and O–H groups in total. The standard InChI is InChI=1S/C20H18Cl2N4O3S/c21-13-6-5-12(15(22)11-13)7-9-26-18(28)14-3-1-2-4-16(14)24-20(26)30-10-8-17(27)25-19(23)29/h1-6,11H,7-10H2,(H3,23,25,27,29). The van der Waals surface area contributed by atoms with Gasteiger partial charge in [-0.2, -0.15) is 0 Å². The molecule has 3 rings (SSSR count). The van der Waals surface area contributed by atoms with Crippen molar-refractivity contribution in [2.45, 2.75) is 24.5 Å². The number of urea groups is 1. The highest BCUT2D eigenvalue weighted by Crippen LogP contribution is 2.23. The molecule has 0 bridgehead atoms. The van der Waals surface area contributed by atoms with E-state index in [0.717, 1.165) is 5.56 Å². The van der Waals surface area contributed by atoms with E-state index in [9.17, 15) is 14.4 Å². The van der Waals surface area contributed by atoms with Crippen LogP contribution in [0.2, 0.25) is 10.0 Å². The van der Waals surface area contributed by atoms with E-state index < -0.39 is 11.9 Å². The summed E-state index contributed by atoms with van der Waals surface area (Å²) in [5.41, 5.74) is 6.21. The lowest BCUT2D eigenvalue weighted by Gasteiger charge is -2.13. The van der Waals surface area contributed by atoms with Gasteiger partial charge in [0, 0.05) is 28.8 Å². The first-order chi connectivity index (χ1) is 14.3. The molecule has 3 aromatic rings. The fourth-order valence-electron chi connectivity index (χ4n) is 2.85. The maximum atomic E-state index is 13.1. The molecular formula is C20H18Cl2N4O3S. The van der Waals surface area contributed by atoms with Crippen LogP contribution in [0.3, 0.4) is 0 Å². The maximum absolute atomic E-state index is 13.1. The molecule has 7 nitrogen and oxygen atoms in total. The van der Waals surface area contributed by atoms with Gasteiger partial charge in [0.05, 0.1) is 10.9 Å². The van der Waals surface area contributed by atoms with Crippen LogP contribution in [-0.4, -0.2) is 27.2 Å². The summed E-state index contributed by atoms with van der Waals surface area (Å²) in [6, 6.07) is 11.4. The third-order valence-corrected chi connectivity index (χ3v) is 5.83. The molecule has 0 saturated heterocycles. The highest BCUT2D eigenvalue weighted by atomic mass is 35.5. The molecule has 0 saturated carbocycles. The Labute approximate surface area is 186 Å². The lowest BCUT2D eigenvalue weighted by atomic mass is 10.1. The van der Waals surface area contributed by atoms with Gasteiger partial charge in [-0.1, -0.05) is 53.2 Å². The fourth-order valence-corrected chi connectivity index (χ4v) is 4.31. The smallest absolute Gasteiger partial charge is 0.318 e. The highest BCUT2D eigenvalue weighted by Gasteiger charge is 2.13. The largest absolute Gasteiger partial charge is 0.351 e. The number of thioether (sulfide) groups is 1. The second kappa shape index (κ2) is 9.97. The molecule has 2 aromatic carbocycles. The number of aromatic nitrogens is 2. The van der Waals surface area contributed by atoms with Crippen LogP contribution in [0.25, 0.3) is 10.9 Å². The summed E-state index contributed by atoms with van der Waals surface area (Å²) in [5.74, 6) is -0.163. The second-order valence-electron chi connectivity index (χ2n) is 6.36. The lowest BCUT2D eigenvalue weighted by Crippen LogP contribution is -2.35. The fraction of sp³-hybridized carbons (Fsp3) is 0.200. The van der Waals surface area contributed by atoms with E-state index in [4.69, 9.17) is 28.9 Å². The van der Waals surface area contributed by atoms with Gasteiger partial charge < -0.3 is 5.73 Å². The number of hydrogen-bond acceptors (Lipinski definition) is 5. The average Bonchev–Trinajstić information content (AvgIpc) is 2.68. The van der Waals surface area contributed by atoms with Crippen LogP contribution in [-0.2, 0) is 17.8 Å². The number of rotatable bonds is 7. The Morgan fingerprint density at radius 1 is 1.17 bits per heavy atom. The van der Waals surface area contributed by atoms with Gasteiger partial charge in [0.2, 0.25) is 5.91 Å². The van der Waals surface area contributed by atoms with Crippen molar-refractivity contribution >= 4 is 57.8 Å². The molecule has 0 unspecified atom stereocenters. The third kappa shape index (κ3) is 5.53. The van der Waals surface area contributed by atoms with Gasteiger partial charge in [0.1, 0.15) is 0 Å². The first kappa shape index (κ1) is 22.1. The molecule has 10 heteroatoms. The summed E-state index contributed by atoms with van der Waals surface area (Å²) in [6.07, 6.45) is 0.560. The molecule has 1 heterocycles. The van der Waals surface area contributed by atoms with E-state index in [1.165, 1.54) is 11.8 Å². The molecule has 0 aliphatic carbocycles. The predicted molar refractivity (Wildman–Crippen MR) is 119 cm³/mol. The molecule has 0 radical (unpaired) electrons. The van der Waals surface area contributed by atoms with Gasteiger partial charge in [-0.15, -0.1) is 0 Å². The minimum absolute atomic E-state index is 0.0549. The molecule has 0 spiro atoms. The molecule has 156 valence electrons. The van der Waals surface area contributed by atoms with E-state index in [1.54, 1.807) is 41.0 Å². The van der Waals surface area contributed by atoms with E-state index >= 15 is 0 Å². The Kier molecular flexibility index (Phi) is 7.36. The monoisotopic (exact) mass is 464 g/mol. The minimum Gasteiger partial charge on any atom is -0.351 e. The normalized spacial score (nSPS) is 10.9. The zero-order chi connectivity index (χ0) is 21.7. The van der Waals surface area contributed by atoms with Crippen molar-refractivity contribution in [3.63, 3.8) is 0 Å². The number of primary amides is 1. The first-order valence-electron chi connectivity index (χ1n) is 9.00. The zero-order valence-electron chi connectivity index (χ0n) is 15.7. The van der Waals surface area contributed by atoms with Gasteiger partial charge in [-0.05, 0) is 36.2 Å². The Morgan fingerprint density at radius 2 is 1.93 bits per heavy atom. The summed E-state index contributed by atoms with van der Waals surface area (Å²) in [6.45, 7) is 0.355. The molecular weight excluding hydrogens is 447 g/mol. The molecule has 3 amide bonds. The van der Waals surface area contributed by atoms with E-state index in [2.05, 4.69) is 4.98 Å². The maximum Gasteiger partial charge on any atom is 0.318 e. The number of carbonyl (C=O) groups is 2. The number of carbonyl (C=O) groups excluding carboxylic acids is 2. The van der Waals surface area contributed by atoms with Gasteiger partial charge in [0.15, 0.2) is 5.16 Å². The Morgan fingerprint density at radius 3 is 2.67 bits per heavy atom. The Balaban J connectivity index is 1.85. The third-order valence-electron chi connectivity index (χ3n) is 4.27. The number of nitrogens with two attached hydrogens (primary N) is 1. The van der Waals surface area contributed by atoms with Gasteiger partial charge in [-0.3, -0.25) is 19.5 Å². The van der Waals surface area contributed by atoms with Gasteiger partial charge in [0.25, 0.3) is 5.56 Å². The van der Waals surface area contributed by atoms with Crippen molar-refractivity contribution in [3.8, 4) is 0 Å². The zero-order valence-corrected chi connectivity index (χ0v) is 18.1. The number of hydrogen-bond donors (Lipinski definition) is 2. The topological polar surface area (TPSA) is 107 Å². The van der Waals surface area contributed by atoms with Crippen molar-refractivity contribution in [1.82, 2.24) is 14.9 Å². The Bertz CT molecular complexity index is 1170. The number of imide groups is 1. The van der Waals surface area contributed by atoms with Crippen molar-refractivity contribution < 1.29 is 9.59 Å². The van der Waals surface area contributed by atoms with Crippen molar-refractivity contribution in [2.24, 2.45) is 5.73 Å². The van der Waals surface area contributed by atoms with Crippen LogP contribution in [0, 0.1) is 0 Å². The van der Waals surface area contributed by atoms with Crippen LogP contribution in [0.5, 0.6) is 0 Å². The molecule has 0 aliphatic rings. The molecule has 0 fully saturated rings. The number of nitrogens with zero attached hydrogens (tertiary/aromatic N) is 2. The van der Waals surface area contributed by atoms with Crippen LogP contribution < -0.4 is 16.6 Å². The number of halogens is 2. The van der Waals surface area contributed by atoms with Crippen molar-refractivity contribution in [2.75, 3.05) is 5.75 Å². The number of aryl methyl sites for hydroxylation is 1. The quantitative estimate of drug-likeness (QED) is 0.410. The predicted octanol–water partition coefficient (Wildman–Crippen LogP) is 3.62. The summed E-state index contributed by atoms with van der Waals surface area (Å²) in [7, 11) is 0. The average molecular weight is 465 g/mol. The summed E-state index contributed by atoms with van der Waals surface area (Å²) < 4.78 is 1.57. The number of fused-ring (bicyclic) bond motifs is 1. The molecule has 30 heavy (non-hydrogen) atoms. The molecule has 0 aliphatic heterocycles. The highest BCUT2D eigenvalue weighted by molar-refractivity contribution is 7.99. The summed E-state index contributed by atoms with van der Waals surface area (Å²) in [4.78, 5) is 40.1. The van der Waals surface area contributed by atoms with Crippen molar-refractivity contribution in [1.29, 1.82) is 0 Å². The van der Waals surface area contributed by atoms with Gasteiger partial charge in [-0.25, -0.2) is 9.78 Å². The van der Waals surface area contributed by atoms with Crippen LogP contribution in [0.15, 0.2) is 52.4 Å². The molecule has 0 atom stereocenters. The van der Waals surface area contributed by atoms with Crippen LogP contribution in [0.1, 0.15) is 12.0 Å². The SMILES string of the molecule is NC(=O)NC(=O)CCSc1nc2ccccc2c(=O)n1CCc1ccc(Cl)cc1Cl. The van der Waals surface area contributed by atoms with E-state index in [0.29, 0.717) is 44.8 Å². The minimum atomic E-state index is -0.898. The molecule has 1 aromatic heterocycles. The first-order valence-corrected chi connectivity index (χ1v) is 10.7. The van der Waals surface area contributed by atoms with Crippen LogP contribution in [0.4, 0.5) is 4.79 Å². The van der Waals surface area contributed by atoms with E-state index in [-0.39, 0.29) is 12.0 Å².